The van der Waals surface area contributed by atoms with E-state index in [2.05, 4.69) is 5.32 Å². The molecule has 2 unspecified atom stereocenters. The van der Waals surface area contributed by atoms with Gasteiger partial charge in [0, 0.05) is 30.5 Å². The smallest absolute Gasteiger partial charge is 0.269 e. The van der Waals surface area contributed by atoms with E-state index in [0.717, 1.165) is 5.56 Å². The first-order valence-corrected chi connectivity index (χ1v) is 8.43. The van der Waals surface area contributed by atoms with Gasteiger partial charge in [0.15, 0.2) is 0 Å². The third-order valence-electron chi connectivity index (χ3n) is 3.06. The number of nitrogens with one attached hydrogen (secondary N) is 1. The van der Waals surface area contributed by atoms with Gasteiger partial charge in [-0.1, -0.05) is 12.1 Å². The molecule has 1 rings (SSSR count). The molecule has 1 aromatic carbocycles. The quantitative estimate of drug-likeness (QED) is 0.615. The maximum atomic E-state index is 11.1. The van der Waals surface area contributed by atoms with Gasteiger partial charge in [-0.2, -0.15) is 0 Å². The maximum Gasteiger partial charge on any atom is 0.269 e. The van der Waals surface area contributed by atoms with Crippen molar-refractivity contribution in [2.24, 2.45) is 0 Å². The van der Waals surface area contributed by atoms with Gasteiger partial charge in [-0.3, -0.25) is 10.1 Å². The maximum absolute atomic E-state index is 11.1. The largest absolute Gasteiger partial charge is 0.308 e. The van der Waals surface area contributed by atoms with Gasteiger partial charge in [-0.25, -0.2) is 8.42 Å². The topological polar surface area (TPSA) is 89.3 Å². The third-order valence-corrected chi connectivity index (χ3v) is 4.04. The van der Waals surface area contributed by atoms with Crippen LogP contribution in [-0.4, -0.2) is 31.4 Å². The zero-order valence-electron chi connectivity index (χ0n) is 11.9. The lowest BCUT2D eigenvalue weighted by Gasteiger charge is -2.20. The van der Waals surface area contributed by atoms with E-state index in [9.17, 15) is 18.5 Å². The molecule has 0 aliphatic carbocycles. The number of benzene rings is 1. The highest BCUT2D eigenvalue weighted by molar-refractivity contribution is 7.90. The fourth-order valence-electron chi connectivity index (χ4n) is 1.88. The predicted molar refractivity (Wildman–Crippen MR) is 78.4 cm³/mol. The number of non-ortho nitro benzene ring substituents is 1. The number of nitro groups is 1. The summed E-state index contributed by atoms with van der Waals surface area (Å²) in [6, 6.07) is 6.40. The van der Waals surface area contributed by atoms with Gasteiger partial charge in [0.1, 0.15) is 9.84 Å². The second-order valence-corrected chi connectivity index (χ2v) is 7.32. The van der Waals surface area contributed by atoms with Gasteiger partial charge in [-0.05, 0) is 25.8 Å². The summed E-state index contributed by atoms with van der Waals surface area (Å²) in [6.45, 7) is 3.87. The van der Waals surface area contributed by atoms with Crippen LogP contribution in [0.3, 0.4) is 0 Å². The minimum absolute atomic E-state index is 0.00497. The molecule has 1 N–H and O–H groups in total. The van der Waals surface area contributed by atoms with E-state index >= 15 is 0 Å². The number of hydrogen-bond donors (Lipinski definition) is 1. The van der Waals surface area contributed by atoms with Gasteiger partial charge in [-0.15, -0.1) is 0 Å². The van der Waals surface area contributed by atoms with Crippen molar-refractivity contribution in [1.82, 2.24) is 5.32 Å². The minimum Gasteiger partial charge on any atom is -0.308 e. The number of rotatable bonds is 7. The molecule has 0 aliphatic heterocycles. The van der Waals surface area contributed by atoms with Gasteiger partial charge >= 0.3 is 0 Å². The molecule has 0 bridgehead atoms. The van der Waals surface area contributed by atoms with Crippen LogP contribution < -0.4 is 5.32 Å². The van der Waals surface area contributed by atoms with Crippen LogP contribution >= 0.6 is 0 Å². The second kappa shape index (κ2) is 6.81. The zero-order chi connectivity index (χ0) is 15.3. The highest BCUT2D eigenvalue weighted by Gasteiger charge is 2.13. The van der Waals surface area contributed by atoms with Crippen molar-refractivity contribution in [2.45, 2.75) is 32.4 Å². The van der Waals surface area contributed by atoms with E-state index in [-0.39, 0.29) is 23.5 Å². The van der Waals surface area contributed by atoms with Crippen molar-refractivity contribution in [3.63, 3.8) is 0 Å². The Morgan fingerprint density at radius 3 is 2.25 bits per heavy atom. The number of nitrogens with zero attached hydrogens (tertiary/aromatic N) is 1. The van der Waals surface area contributed by atoms with E-state index in [1.807, 2.05) is 13.8 Å². The molecule has 112 valence electrons. The zero-order valence-corrected chi connectivity index (χ0v) is 12.7. The SMILES string of the molecule is CC(CCS(C)(=O)=O)NC(C)c1ccc([N+](=O)[O-])cc1. The number of nitro benzene ring substituents is 1. The van der Waals surface area contributed by atoms with Crippen molar-refractivity contribution in [1.29, 1.82) is 0 Å². The minimum atomic E-state index is -2.95. The first-order valence-electron chi connectivity index (χ1n) is 6.37. The molecule has 0 spiro atoms. The molecule has 0 aliphatic rings. The molecule has 0 saturated heterocycles. The molecule has 0 radical (unpaired) electrons. The van der Waals surface area contributed by atoms with Gasteiger partial charge in [0.05, 0.1) is 10.7 Å². The Bertz CT molecular complexity index is 554. The van der Waals surface area contributed by atoms with Crippen LogP contribution in [-0.2, 0) is 9.84 Å². The Morgan fingerprint density at radius 2 is 1.80 bits per heavy atom. The molecule has 0 saturated carbocycles. The Kier molecular flexibility index (Phi) is 5.64. The van der Waals surface area contributed by atoms with Crippen LogP contribution in [0.2, 0.25) is 0 Å². The Balaban J connectivity index is 2.57. The molecular weight excluding hydrogens is 280 g/mol. The van der Waals surface area contributed by atoms with Crippen LogP contribution in [0.15, 0.2) is 24.3 Å². The monoisotopic (exact) mass is 300 g/mol. The van der Waals surface area contributed by atoms with Gasteiger partial charge < -0.3 is 5.32 Å². The first-order chi connectivity index (χ1) is 9.19. The summed E-state index contributed by atoms with van der Waals surface area (Å²) in [5.41, 5.74) is 0.993. The highest BCUT2D eigenvalue weighted by Crippen LogP contribution is 2.18. The molecule has 7 heteroatoms. The predicted octanol–water partition coefficient (Wildman–Crippen LogP) is 2.07. The van der Waals surface area contributed by atoms with Crippen LogP contribution in [0, 0.1) is 10.1 Å². The van der Waals surface area contributed by atoms with E-state index in [4.69, 9.17) is 0 Å². The number of hydrogen-bond acceptors (Lipinski definition) is 5. The summed E-state index contributed by atoms with van der Waals surface area (Å²) in [7, 11) is -2.95. The average molecular weight is 300 g/mol. The molecule has 0 fully saturated rings. The van der Waals surface area contributed by atoms with E-state index in [1.54, 1.807) is 12.1 Å². The summed E-state index contributed by atoms with van der Waals surface area (Å²) in [5.74, 6) is 0.147. The van der Waals surface area contributed by atoms with Crippen LogP contribution in [0.1, 0.15) is 31.9 Å². The standard InChI is InChI=1S/C13H20N2O4S/c1-10(8-9-20(3,18)19)14-11(2)12-4-6-13(7-5-12)15(16)17/h4-7,10-11,14H,8-9H2,1-3H3. The normalized spacial score (nSPS) is 14.8. The van der Waals surface area contributed by atoms with Crippen molar-refractivity contribution in [2.75, 3.05) is 12.0 Å². The summed E-state index contributed by atoms with van der Waals surface area (Å²) in [4.78, 5) is 10.1. The van der Waals surface area contributed by atoms with Crippen LogP contribution in [0.25, 0.3) is 0 Å². The van der Waals surface area contributed by atoms with Gasteiger partial charge in [0.25, 0.3) is 5.69 Å². The third kappa shape index (κ3) is 5.66. The molecule has 2 atom stereocenters. The summed E-state index contributed by atoms with van der Waals surface area (Å²) < 4.78 is 22.2. The second-order valence-electron chi connectivity index (χ2n) is 5.06. The van der Waals surface area contributed by atoms with Crippen molar-refractivity contribution < 1.29 is 13.3 Å². The summed E-state index contributed by atoms with van der Waals surface area (Å²) in [6.07, 6.45) is 1.76. The van der Waals surface area contributed by atoms with Crippen molar-refractivity contribution in [3.05, 3.63) is 39.9 Å². The van der Waals surface area contributed by atoms with Crippen LogP contribution in [0.4, 0.5) is 5.69 Å². The lowest BCUT2D eigenvalue weighted by molar-refractivity contribution is -0.384. The van der Waals surface area contributed by atoms with Crippen LogP contribution in [0.5, 0.6) is 0 Å². The number of sulfone groups is 1. The van der Waals surface area contributed by atoms with E-state index < -0.39 is 14.8 Å². The Morgan fingerprint density at radius 1 is 1.25 bits per heavy atom. The molecule has 0 aromatic heterocycles. The summed E-state index contributed by atoms with van der Waals surface area (Å²) in [5, 5.41) is 13.9. The fourth-order valence-corrected chi connectivity index (χ4v) is 2.66. The lowest BCUT2D eigenvalue weighted by atomic mass is 10.1. The van der Waals surface area contributed by atoms with E-state index in [0.29, 0.717) is 6.42 Å². The summed E-state index contributed by atoms with van der Waals surface area (Å²) >= 11 is 0. The molecular formula is C13H20N2O4S. The first kappa shape index (κ1) is 16.6. The Labute approximate surface area is 119 Å². The van der Waals surface area contributed by atoms with Gasteiger partial charge in [0.2, 0.25) is 0 Å². The average Bonchev–Trinajstić information content (AvgIpc) is 2.35. The van der Waals surface area contributed by atoms with Crippen molar-refractivity contribution in [3.8, 4) is 0 Å². The Hall–Kier alpha value is -1.47. The molecule has 0 heterocycles. The lowest BCUT2D eigenvalue weighted by Crippen LogP contribution is -2.30. The highest BCUT2D eigenvalue weighted by atomic mass is 32.2. The molecule has 20 heavy (non-hydrogen) atoms. The van der Waals surface area contributed by atoms with E-state index in [1.165, 1.54) is 18.4 Å². The molecule has 0 amide bonds. The molecule has 1 aromatic rings. The fraction of sp³-hybridized carbons (Fsp3) is 0.538. The van der Waals surface area contributed by atoms with Crippen molar-refractivity contribution >= 4 is 15.5 Å². The molecule has 6 nitrogen and oxygen atoms in total.